The summed E-state index contributed by atoms with van der Waals surface area (Å²) in [5.41, 5.74) is 1.17. The van der Waals surface area contributed by atoms with Gasteiger partial charge in [-0.15, -0.1) is 0 Å². The van der Waals surface area contributed by atoms with Crippen molar-refractivity contribution in [2.75, 3.05) is 0 Å². The van der Waals surface area contributed by atoms with Gasteiger partial charge in [-0.2, -0.15) is 0 Å². The van der Waals surface area contributed by atoms with Gasteiger partial charge in [-0.25, -0.2) is 4.40 Å². The van der Waals surface area contributed by atoms with E-state index < -0.39 is 0 Å². The molecule has 0 saturated heterocycles. The Hall–Kier alpha value is -0.240. The van der Waals surface area contributed by atoms with Crippen molar-refractivity contribution in [3.05, 3.63) is 12.0 Å². The van der Waals surface area contributed by atoms with Crippen LogP contribution in [0.15, 0.2) is 16.4 Å². The van der Waals surface area contributed by atoms with E-state index in [4.69, 9.17) is 0 Å². The Kier molecular flexibility index (Phi) is 4.50. The summed E-state index contributed by atoms with van der Waals surface area (Å²) in [6, 6.07) is 0. The van der Waals surface area contributed by atoms with Crippen molar-refractivity contribution in [3.8, 4) is 0 Å². The molecule has 1 nitrogen and oxygen atoms in total. The molecule has 0 fully saturated rings. The van der Waals surface area contributed by atoms with Crippen LogP contribution in [0.25, 0.3) is 0 Å². The third-order valence-electron chi connectivity index (χ3n) is 1.11. The number of nitrogens with zero attached hydrogens (tertiary/aromatic N) is 1. The van der Waals surface area contributed by atoms with Crippen LogP contribution in [0.3, 0.4) is 0 Å². The van der Waals surface area contributed by atoms with E-state index in [1.54, 1.807) is 5.41 Å². The largest absolute Gasteiger partial charge is 0.221 e. The van der Waals surface area contributed by atoms with Gasteiger partial charge in [0.25, 0.3) is 0 Å². The minimum atomic E-state index is 0.553. The minimum Gasteiger partial charge on any atom is -0.221 e. The van der Waals surface area contributed by atoms with Gasteiger partial charge < -0.3 is 0 Å². The Morgan fingerprint density at radius 1 is 1.67 bits per heavy atom. The van der Waals surface area contributed by atoms with Crippen LogP contribution in [0.1, 0.15) is 20.8 Å². The predicted octanol–water partition coefficient (Wildman–Crippen LogP) is 2.90. The molecular weight excluding hydrogens is 130 g/mol. The molecule has 0 N–H and O–H groups in total. The van der Waals surface area contributed by atoms with Crippen LogP contribution >= 0.6 is 11.9 Å². The van der Waals surface area contributed by atoms with Crippen LogP contribution < -0.4 is 0 Å². The molecule has 52 valence electrons. The lowest BCUT2D eigenvalue weighted by molar-refractivity contribution is 0.882. The second-order valence-corrected chi connectivity index (χ2v) is 2.89. The van der Waals surface area contributed by atoms with E-state index in [9.17, 15) is 0 Å². The normalized spacial score (nSPS) is 12.2. The first kappa shape index (κ1) is 8.76. The van der Waals surface area contributed by atoms with Gasteiger partial charge in [0, 0.05) is 17.7 Å². The molecule has 0 aromatic carbocycles. The topological polar surface area (TPSA) is 12.4 Å². The van der Waals surface area contributed by atoms with E-state index in [-0.39, 0.29) is 0 Å². The molecule has 0 aliphatic heterocycles. The summed E-state index contributed by atoms with van der Waals surface area (Å²) in [7, 11) is 0. The lowest BCUT2D eigenvalue weighted by Gasteiger charge is -1.99. The standard InChI is InChI=1S/C7H13NS/c1-5-9-8-7(4)6(2)3/h5-6H,1H2,2-4H3. The van der Waals surface area contributed by atoms with Gasteiger partial charge in [0.1, 0.15) is 0 Å². The average molecular weight is 143 g/mol. The number of hydrogen-bond acceptors (Lipinski definition) is 2. The van der Waals surface area contributed by atoms with Gasteiger partial charge >= 0.3 is 0 Å². The summed E-state index contributed by atoms with van der Waals surface area (Å²) < 4.78 is 4.16. The first-order chi connectivity index (χ1) is 4.18. The minimum absolute atomic E-state index is 0.553. The molecule has 0 bridgehead atoms. The van der Waals surface area contributed by atoms with E-state index >= 15 is 0 Å². The Morgan fingerprint density at radius 3 is 2.56 bits per heavy atom. The Morgan fingerprint density at radius 2 is 2.22 bits per heavy atom. The van der Waals surface area contributed by atoms with Gasteiger partial charge in [0.15, 0.2) is 0 Å². The van der Waals surface area contributed by atoms with Crippen molar-refractivity contribution in [2.45, 2.75) is 20.8 Å². The molecule has 0 heterocycles. The molecule has 9 heavy (non-hydrogen) atoms. The van der Waals surface area contributed by atoms with Crippen molar-refractivity contribution >= 4 is 17.7 Å². The SMILES string of the molecule is C=CSN=C(C)C(C)C. The second kappa shape index (κ2) is 4.62. The summed E-state index contributed by atoms with van der Waals surface area (Å²) in [5.74, 6) is 0.553. The first-order valence-electron chi connectivity index (χ1n) is 2.99. The van der Waals surface area contributed by atoms with E-state index in [0.29, 0.717) is 5.92 Å². The van der Waals surface area contributed by atoms with Crippen molar-refractivity contribution < 1.29 is 0 Å². The fraction of sp³-hybridized carbons (Fsp3) is 0.571. The molecule has 2 heteroatoms. The highest BCUT2D eigenvalue weighted by molar-refractivity contribution is 8.01. The quantitative estimate of drug-likeness (QED) is 0.437. The molecule has 0 amide bonds. The van der Waals surface area contributed by atoms with Crippen molar-refractivity contribution in [3.63, 3.8) is 0 Å². The molecule has 0 aromatic rings. The third kappa shape index (κ3) is 4.28. The Labute approximate surface area is 61.4 Å². The maximum Gasteiger partial charge on any atom is 0.0260 e. The van der Waals surface area contributed by atoms with Crippen LogP contribution in [-0.2, 0) is 0 Å². The van der Waals surface area contributed by atoms with Gasteiger partial charge in [-0.1, -0.05) is 20.4 Å². The summed E-state index contributed by atoms with van der Waals surface area (Å²) in [6.45, 7) is 9.83. The molecule has 0 radical (unpaired) electrons. The van der Waals surface area contributed by atoms with Crippen molar-refractivity contribution in [1.29, 1.82) is 0 Å². The van der Waals surface area contributed by atoms with Crippen LogP contribution in [0.5, 0.6) is 0 Å². The molecule has 0 rings (SSSR count). The zero-order valence-electron chi connectivity index (χ0n) is 6.22. The number of hydrogen-bond donors (Lipinski definition) is 0. The van der Waals surface area contributed by atoms with Gasteiger partial charge in [0.2, 0.25) is 0 Å². The maximum absolute atomic E-state index is 4.16. The molecule has 0 unspecified atom stereocenters. The van der Waals surface area contributed by atoms with Crippen molar-refractivity contribution in [2.24, 2.45) is 10.3 Å². The van der Waals surface area contributed by atoms with E-state index in [2.05, 4.69) is 24.8 Å². The van der Waals surface area contributed by atoms with Gasteiger partial charge in [-0.05, 0) is 18.2 Å². The molecule has 0 spiro atoms. The van der Waals surface area contributed by atoms with Crippen LogP contribution in [-0.4, -0.2) is 5.71 Å². The van der Waals surface area contributed by atoms with Crippen LogP contribution in [0.2, 0.25) is 0 Å². The van der Waals surface area contributed by atoms with E-state index in [1.165, 1.54) is 17.7 Å². The van der Waals surface area contributed by atoms with Gasteiger partial charge in [0.05, 0.1) is 0 Å². The Bertz CT molecular complexity index is 116. The highest BCUT2D eigenvalue weighted by Gasteiger charge is 1.94. The fourth-order valence-electron chi connectivity index (χ4n) is 0.226. The zero-order valence-corrected chi connectivity index (χ0v) is 7.03. The second-order valence-electron chi connectivity index (χ2n) is 2.16. The third-order valence-corrected chi connectivity index (χ3v) is 1.65. The summed E-state index contributed by atoms with van der Waals surface area (Å²) in [5, 5.41) is 1.73. The highest BCUT2D eigenvalue weighted by Crippen LogP contribution is 2.06. The number of rotatable bonds is 3. The average Bonchev–Trinajstić information content (AvgIpc) is 1.82. The van der Waals surface area contributed by atoms with E-state index in [1.807, 2.05) is 6.92 Å². The smallest absolute Gasteiger partial charge is 0.0260 e. The molecule has 0 aliphatic rings. The molecule has 0 aliphatic carbocycles. The summed E-state index contributed by atoms with van der Waals surface area (Å²) in [6.07, 6.45) is 0. The molecular formula is C7H13NS. The summed E-state index contributed by atoms with van der Waals surface area (Å²) >= 11 is 1.40. The molecule has 0 atom stereocenters. The monoisotopic (exact) mass is 143 g/mol. The van der Waals surface area contributed by atoms with Crippen molar-refractivity contribution in [1.82, 2.24) is 0 Å². The van der Waals surface area contributed by atoms with Gasteiger partial charge in [-0.3, -0.25) is 0 Å². The Balaban J connectivity index is 3.68. The van der Waals surface area contributed by atoms with Crippen LogP contribution in [0, 0.1) is 5.92 Å². The zero-order chi connectivity index (χ0) is 7.28. The highest BCUT2D eigenvalue weighted by atomic mass is 32.2. The fourth-order valence-corrected chi connectivity index (χ4v) is 0.677. The first-order valence-corrected chi connectivity index (χ1v) is 3.83. The van der Waals surface area contributed by atoms with Crippen LogP contribution in [0.4, 0.5) is 0 Å². The summed E-state index contributed by atoms with van der Waals surface area (Å²) in [4.78, 5) is 0. The van der Waals surface area contributed by atoms with E-state index in [0.717, 1.165) is 0 Å². The maximum atomic E-state index is 4.16. The molecule has 0 saturated carbocycles. The molecule has 0 aromatic heterocycles. The predicted molar refractivity (Wildman–Crippen MR) is 45.7 cm³/mol. The lowest BCUT2D eigenvalue weighted by atomic mass is 10.1. The lowest BCUT2D eigenvalue weighted by Crippen LogP contribution is -1.99.